The van der Waals surface area contributed by atoms with Gasteiger partial charge in [-0.25, -0.2) is 9.98 Å². The molecule has 0 aliphatic carbocycles. The van der Waals surface area contributed by atoms with E-state index < -0.39 is 5.60 Å². The molecule has 0 atom stereocenters. The summed E-state index contributed by atoms with van der Waals surface area (Å²) in [6, 6.07) is 7.81. The fourth-order valence-corrected chi connectivity index (χ4v) is 4.01. The Hall–Kier alpha value is -2.99. The number of rotatable bonds is 5. The standard InChI is InChI=1S/C24H28N4O3/c1-16-25-9-6-21(31-16)18-4-5-19-14-26-22(13-20(19)12-18)27-23(29)17-7-10-28(11-8-17)15-24(2,3)30/h4-5,9,12-14,17,30H,7-8,10-11,15H2,1-3H3,(H,26,27,29). The van der Waals surface area contributed by atoms with Crippen LogP contribution in [0.1, 0.15) is 39.2 Å². The molecule has 0 spiro atoms. The smallest absolute Gasteiger partial charge is 0.228 e. The summed E-state index contributed by atoms with van der Waals surface area (Å²) in [6.45, 7) is 7.65. The second-order valence-corrected chi connectivity index (χ2v) is 8.84. The van der Waals surface area contributed by atoms with E-state index in [-0.39, 0.29) is 11.8 Å². The number of likely N-dealkylation sites (tertiary alicyclic amines) is 1. The van der Waals surface area contributed by atoms with Crippen molar-refractivity contribution in [1.29, 1.82) is 0 Å². The zero-order chi connectivity index (χ0) is 22.0. The van der Waals surface area contributed by atoms with Crippen LogP contribution in [0.4, 0.5) is 5.82 Å². The molecule has 7 nitrogen and oxygen atoms in total. The third kappa shape index (κ3) is 5.39. The Labute approximate surface area is 182 Å². The summed E-state index contributed by atoms with van der Waals surface area (Å²) >= 11 is 0. The summed E-state index contributed by atoms with van der Waals surface area (Å²) in [7, 11) is 0. The highest BCUT2D eigenvalue weighted by atomic mass is 16.5. The van der Waals surface area contributed by atoms with Crippen molar-refractivity contribution in [1.82, 2.24) is 9.88 Å². The molecule has 0 saturated carbocycles. The summed E-state index contributed by atoms with van der Waals surface area (Å²) in [5, 5.41) is 14.9. The Morgan fingerprint density at radius 2 is 2.06 bits per heavy atom. The number of nitrogens with zero attached hydrogens (tertiary/aromatic N) is 3. The minimum atomic E-state index is -0.719. The second kappa shape index (κ2) is 8.63. The maximum atomic E-state index is 12.8. The van der Waals surface area contributed by atoms with Crippen LogP contribution in [-0.2, 0) is 9.53 Å². The summed E-state index contributed by atoms with van der Waals surface area (Å²) in [5.41, 5.74) is 3.19. The van der Waals surface area contributed by atoms with E-state index in [1.165, 1.54) is 0 Å². The zero-order valence-corrected chi connectivity index (χ0v) is 18.2. The first kappa shape index (κ1) is 21.2. The lowest BCUT2D eigenvalue weighted by Crippen LogP contribution is -2.44. The van der Waals surface area contributed by atoms with Crippen LogP contribution in [-0.4, -0.2) is 52.0 Å². The number of hydrogen-bond acceptors (Lipinski definition) is 6. The number of aliphatic hydroxyl groups is 1. The predicted octanol–water partition coefficient (Wildman–Crippen LogP) is 3.56. The summed E-state index contributed by atoms with van der Waals surface area (Å²) in [6.07, 6.45) is 4.92. The van der Waals surface area contributed by atoms with Crippen LogP contribution >= 0.6 is 0 Å². The van der Waals surface area contributed by atoms with Gasteiger partial charge in [-0.3, -0.25) is 4.79 Å². The average molecular weight is 421 g/mol. The first-order valence-electron chi connectivity index (χ1n) is 10.6. The van der Waals surface area contributed by atoms with Gasteiger partial charge in [0.25, 0.3) is 0 Å². The molecule has 1 aromatic heterocycles. The van der Waals surface area contributed by atoms with E-state index in [1.54, 1.807) is 19.3 Å². The van der Waals surface area contributed by atoms with E-state index in [0.717, 1.165) is 42.3 Å². The number of aromatic nitrogens is 1. The lowest BCUT2D eigenvalue weighted by molar-refractivity contribution is -0.121. The fourth-order valence-electron chi connectivity index (χ4n) is 4.01. The van der Waals surface area contributed by atoms with Gasteiger partial charge < -0.3 is 20.1 Å². The molecule has 0 bridgehead atoms. The fraction of sp³-hybridized carbons (Fsp3) is 0.417. The van der Waals surface area contributed by atoms with Crippen molar-refractivity contribution in [3.05, 3.63) is 48.0 Å². The van der Waals surface area contributed by atoms with Gasteiger partial charge in [0.1, 0.15) is 5.82 Å². The Kier molecular flexibility index (Phi) is 5.92. The molecule has 162 valence electrons. The van der Waals surface area contributed by atoms with Gasteiger partial charge in [-0.05, 0) is 63.4 Å². The van der Waals surface area contributed by atoms with E-state index in [4.69, 9.17) is 4.74 Å². The van der Waals surface area contributed by atoms with Gasteiger partial charge in [0.15, 0.2) is 11.7 Å². The van der Waals surface area contributed by atoms with Gasteiger partial charge in [0, 0.05) is 36.5 Å². The SMILES string of the molecule is CC1=NC=C=C(c2ccc3cnc(NC(=O)C4CCN(CC(C)(C)O)CC4)cc3c2)O1. The molecule has 2 N–H and O–H groups in total. The second-order valence-electron chi connectivity index (χ2n) is 8.84. The van der Waals surface area contributed by atoms with Gasteiger partial charge in [0.2, 0.25) is 5.91 Å². The Morgan fingerprint density at radius 3 is 2.77 bits per heavy atom. The van der Waals surface area contributed by atoms with Crippen LogP contribution in [0.5, 0.6) is 0 Å². The lowest BCUT2D eigenvalue weighted by atomic mass is 9.95. The molecule has 1 fully saturated rings. The number of benzene rings is 1. The van der Waals surface area contributed by atoms with E-state index in [2.05, 4.69) is 25.9 Å². The molecule has 4 rings (SSSR count). The third-order valence-electron chi connectivity index (χ3n) is 5.50. The van der Waals surface area contributed by atoms with Crippen LogP contribution in [0, 0.1) is 5.92 Å². The predicted molar refractivity (Wildman–Crippen MR) is 122 cm³/mol. The molecular formula is C24H28N4O3. The molecular weight excluding hydrogens is 392 g/mol. The van der Waals surface area contributed by atoms with Crippen LogP contribution < -0.4 is 5.32 Å². The van der Waals surface area contributed by atoms with Crippen molar-refractivity contribution in [2.45, 2.75) is 39.2 Å². The van der Waals surface area contributed by atoms with E-state index in [1.807, 2.05) is 38.1 Å². The molecule has 2 aromatic rings. The highest BCUT2D eigenvalue weighted by molar-refractivity contribution is 5.95. The lowest BCUT2D eigenvalue weighted by Gasteiger charge is -2.34. The van der Waals surface area contributed by atoms with Crippen molar-refractivity contribution in [2.24, 2.45) is 10.9 Å². The molecule has 1 amide bonds. The molecule has 1 aromatic carbocycles. The number of carbonyl (C=O) groups excluding carboxylic acids is 1. The highest BCUT2D eigenvalue weighted by Crippen LogP contribution is 2.25. The monoisotopic (exact) mass is 420 g/mol. The molecule has 2 aliphatic heterocycles. The third-order valence-corrected chi connectivity index (χ3v) is 5.50. The molecule has 1 saturated heterocycles. The van der Waals surface area contributed by atoms with Crippen LogP contribution in [0.25, 0.3) is 16.5 Å². The van der Waals surface area contributed by atoms with Crippen molar-refractivity contribution in [3.63, 3.8) is 0 Å². The Morgan fingerprint density at radius 1 is 1.29 bits per heavy atom. The number of aliphatic imine (C=N–C) groups is 1. The van der Waals surface area contributed by atoms with Crippen molar-refractivity contribution < 1.29 is 14.6 Å². The number of hydrogen-bond donors (Lipinski definition) is 2. The molecule has 7 heteroatoms. The van der Waals surface area contributed by atoms with E-state index in [9.17, 15) is 9.90 Å². The quantitative estimate of drug-likeness (QED) is 0.723. The molecule has 3 heterocycles. The number of nitrogens with one attached hydrogen (secondary N) is 1. The maximum absolute atomic E-state index is 12.8. The number of anilines is 1. The van der Waals surface area contributed by atoms with Crippen molar-refractivity contribution >= 4 is 34.2 Å². The highest BCUT2D eigenvalue weighted by Gasteiger charge is 2.27. The van der Waals surface area contributed by atoms with Crippen LogP contribution in [0.2, 0.25) is 0 Å². The summed E-state index contributed by atoms with van der Waals surface area (Å²) in [5.74, 6) is 1.69. The summed E-state index contributed by atoms with van der Waals surface area (Å²) in [4.78, 5) is 23.4. The molecule has 31 heavy (non-hydrogen) atoms. The van der Waals surface area contributed by atoms with Gasteiger partial charge in [-0.1, -0.05) is 11.8 Å². The average Bonchev–Trinajstić information content (AvgIpc) is 2.72. The Balaban J connectivity index is 1.43. The number of fused-ring (bicyclic) bond motifs is 1. The number of carbonyl (C=O) groups is 1. The first-order valence-corrected chi connectivity index (χ1v) is 10.6. The van der Waals surface area contributed by atoms with E-state index in [0.29, 0.717) is 24.0 Å². The van der Waals surface area contributed by atoms with E-state index >= 15 is 0 Å². The molecule has 2 aliphatic rings. The molecule has 0 unspecified atom stereocenters. The van der Waals surface area contributed by atoms with Crippen LogP contribution in [0.3, 0.4) is 0 Å². The number of ether oxygens (including phenoxy) is 1. The van der Waals surface area contributed by atoms with Crippen molar-refractivity contribution in [2.75, 3.05) is 25.0 Å². The largest absolute Gasteiger partial charge is 0.434 e. The molecule has 0 radical (unpaired) electrons. The number of β-amino-alcohol motifs (C(OH)–C–C–N with tert-alkyl or cyclic N) is 1. The minimum absolute atomic E-state index is 0.000921. The van der Waals surface area contributed by atoms with Gasteiger partial charge in [0.05, 0.1) is 11.8 Å². The summed E-state index contributed by atoms with van der Waals surface area (Å²) < 4.78 is 5.65. The topological polar surface area (TPSA) is 87.1 Å². The zero-order valence-electron chi connectivity index (χ0n) is 18.2. The van der Waals surface area contributed by atoms with Gasteiger partial charge in [-0.15, -0.1) is 0 Å². The number of piperidine rings is 1. The number of pyridine rings is 1. The maximum Gasteiger partial charge on any atom is 0.228 e. The first-order chi connectivity index (χ1) is 14.8. The van der Waals surface area contributed by atoms with Crippen LogP contribution in [0.15, 0.2) is 47.4 Å². The normalized spacial score (nSPS) is 17.8. The minimum Gasteiger partial charge on any atom is -0.434 e. The van der Waals surface area contributed by atoms with Crippen molar-refractivity contribution in [3.8, 4) is 0 Å². The van der Waals surface area contributed by atoms with Gasteiger partial charge >= 0.3 is 0 Å². The van der Waals surface area contributed by atoms with Gasteiger partial charge in [-0.2, -0.15) is 0 Å². The Bertz CT molecular complexity index is 1090. The number of amides is 1.